The van der Waals surface area contributed by atoms with Crippen LogP contribution in [0.4, 0.5) is 0 Å². The molecule has 0 bridgehead atoms. The molecule has 1 aromatic carbocycles. The standard InChI is InChI=1S/C12H15Br/c1-10-6-7-12(11(2)9-10)5-3-4-8-13/h3,5-7,9H,4,8H2,1-2H3/b5-3+. The van der Waals surface area contributed by atoms with Crippen molar-refractivity contribution in [3.63, 3.8) is 0 Å². The normalized spacial score (nSPS) is 11.0. The van der Waals surface area contributed by atoms with Crippen molar-refractivity contribution >= 4 is 22.0 Å². The first-order valence-corrected chi connectivity index (χ1v) is 5.66. The topological polar surface area (TPSA) is 0 Å². The fourth-order valence-electron chi connectivity index (χ4n) is 1.29. The first kappa shape index (κ1) is 10.5. The van der Waals surface area contributed by atoms with Crippen molar-refractivity contribution in [2.24, 2.45) is 0 Å². The van der Waals surface area contributed by atoms with Crippen molar-refractivity contribution in [1.82, 2.24) is 0 Å². The van der Waals surface area contributed by atoms with E-state index < -0.39 is 0 Å². The van der Waals surface area contributed by atoms with E-state index in [2.05, 4.69) is 60.1 Å². The van der Waals surface area contributed by atoms with Gasteiger partial charge in [-0.25, -0.2) is 0 Å². The maximum absolute atomic E-state index is 3.40. The molecule has 0 N–H and O–H groups in total. The number of aryl methyl sites for hydroxylation is 2. The molecule has 0 radical (unpaired) electrons. The first-order valence-electron chi connectivity index (χ1n) is 4.54. The zero-order valence-corrected chi connectivity index (χ0v) is 9.76. The molecule has 0 aromatic heterocycles. The van der Waals surface area contributed by atoms with Crippen molar-refractivity contribution in [2.45, 2.75) is 20.3 Å². The number of hydrogen-bond acceptors (Lipinski definition) is 0. The van der Waals surface area contributed by atoms with Crippen molar-refractivity contribution in [3.05, 3.63) is 41.0 Å². The smallest absolute Gasteiger partial charge is 0.00660 e. The van der Waals surface area contributed by atoms with Crippen LogP contribution >= 0.6 is 15.9 Å². The van der Waals surface area contributed by atoms with Crippen LogP contribution in [0, 0.1) is 13.8 Å². The van der Waals surface area contributed by atoms with E-state index in [1.54, 1.807) is 0 Å². The highest BCUT2D eigenvalue weighted by Gasteiger charge is 1.92. The minimum atomic E-state index is 1.04. The van der Waals surface area contributed by atoms with Crippen LogP contribution in [0.15, 0.2) is 24.3 Å². The Kier molecular flexibility index (Phi) is 4.23. The lowest BCUT2D eigenvalue weighted by Crippen LogP contribution is -1.81. The summed E-state index contributed by atoms with van der Waals surface area (Å²) in [6.07, 6.45) is 5.48. The maximum atomic E-state index is 3.40. The van der Waals surface area contributed by atoms with Crippen molar-refractivity contribution in [1.29, 1.82) is 0 Å². The van der Waals surface area contributed by atoms with E-state index in [1.165, 1.54) is 16.7 Å². The third kappa shape index (κ3) is 3.35. The lowest BCUT2D eigenvalue weighted by atomic mass is 10.1. The fraction of sp³-hybridized carbons (Fsp3) is 0.333. The summed E-state index contributed by atoms with van der Waals surface area (Å²) in [5, 5.41) is 1.04. The Bertz CT molecular complexity index is 300. The van der Waals surface area contributed by atoms with Crippen LogP contribution in [0.25, 0.3) is 6.08 Å². The molecule has 1 aromatic rings. The molecule has 0 spiro atoms. The second-order valence-corrected chi connectivity index (χ2v) is 4.03. The van der Waals surface area contributed by atoms with E-state index in [9.17, 15) is 0 Å². The summed E-state index contributed by atoms with van der Waals surface area (Å²) in [5.41, 5.74) is 4.01. The van der Waals surface area contributed by atoms with Gasteiger partial charge in [-0.15, -0.1) is 0 Å². The van der Waals surface area contributed by atoms with Gasteiger partial charge in [0.15, 0.2) is 0 Å². The lowest BCUT2D eigenvalue weighted by molar-refractivity contribution is 1.27. The van der Waals surface area contributed by atoms with Crippen molar-refractivity contribution in [3.8, 4) is 0 Å². The lowest BCUT2D eigenvalue weighted by Gasteiger charge is -2.00. The SMILES string of the molecule is Cc1ccc(/C=C/CCBr)c(C)c1. The molecule has 1 rings (SSSR count). The van der Waals surface area contributed by atoms with Gasteiger partial charge in [-0.1, -0.05) is 51.8 Å². The van der Waals surface area contributed by atoms with Gasteiger partial charge in [0.2, 0.25) is 0 Å². The Morgan fingerprint density at radius 1 is 1.31 bits per heavy atom. The highest BCUT2D eigenvalue weighted by atomic mass is 79.9. The van der Waals surface area contributed by atoms with E-state index >= 15 is 0 Å². The van der Waals surface area contributed by atoms with Crippen LogP contribution in [0.1, 0.15) is 23.1 Å². The Labute approximate surface area is 88.8 Å². The summed E-state index contributed by atoms with van der Waals surface area (Å²) < 4.78 is 0. The molecule has 0 atom stereocenters. The third-order valence-electron chi connectivity index (χ3n) is 2.00. The van der Waals surface area contributed by atoms with Crippen molar-refractivity contribution in [2.75, 3.05) is 5.33 Å². The molecule has 0 saturated heterocycles. The molecule has 70 valence electrons. The van der Waals surface area contributed by atoms with E-state index in [0.29, 0.717) is 0 Å². The van der Waals surface area contributed by atoms with Gasteiger partial charge in [0.25, 0.3) is 0 Å². The zero-order valence-electron chi connectivity index (χ0n) is 8.18. The summed E-state index contributed by atoms with van der Waals surface area (Å²) in [6, 6.07) is 6.55. The van der Waals surface area contributed by atoms with E-state index in [4.69, 9.17) is 0 Å². The number of benzene rings is 1. The molecule has 0 heterocycles. The van der Waals surface area contributed by atoms with E-state index in [1.807, 2.05) is 0 Å². The summed E-state index contributed by atoms with van der Waals surface area (Å²) in [5.74, 6) is 0. The number of rotatable bonds is 3. The number of allylic oxidation sites excluding steroid dienone is 1. The molecule has 0 nitrogen and oxygen atoms in total. The molecule has 0 saturated carbocycles. The van der Waals surface area contributed by atoms with Crippen LogP contribution in [0.5, 0.6) is 0 Å². The Morgan fingerprint density at radius 3 is 2.69 bits per heavy atom. The van der Waals surface area contributed by atoms with Crippen LogP contribution in [0.3, 0.4) is 0 Å². The second kappa shape index (κ2) is 5.23. The maximum Gasteiger partial charge on any atom is 0.00660 e. The van der Waals surface area contributed by atoms with Crippen LogP contribution < -0.4 is 0 Å². The molecule has 1 heteroatoms. The van der Waals surface area contributed by atoms with Gasteiger partial charge in [0.1, 0.15) is 0 Å². The average molecular weight is 239 g/mol. The average Bonchev–Trinajstić information content (AvgIpc) is 2.09. The first-order chi connectivity index (χ1) is 6.24. The van der Waals surface area contributed by atoms with Gasteiger partial charge in [-0.3, -0.25) is 0 Å². The van der Waals surface area contributed by atoms with E-state index in [0.717, 1.165) is 11.8 Å². The third-order valence-corrected chi connectivity index (χ3v) is 2.46. The van der Waals surface area contributed by atoms with Gasteiger partial charge >= 0.3 is 0 Å². The van der Waals surface area contributed by atoms with Crippen LogP contribution in [-0.4, -0.2) is 5.33 Å². The summed E-state index contributed by atoms with van der Waals surface area (Å²) in [7, 11) is 0. The molecule has 0 fully saturated rings. The summed E-state index contributed by atoms with van der Waals surface area (Å²) in [6.45, 7) is 4.28. The highest BCUT2D eigenvalue weighted by molar-refractivity contribution is 9.09. The van der Waals surface area contributed by atoms with E-state index in [-0.39, 0.29) is 0 Å². The predicted octanol–water partition coefficient (Wildman–Crippen LogP) is 4.10. The molecule has 13 heavy (non-hydrogen) atoms. The predicted molar refractivity (Wildman–Crippen MR) is 63.4 cm³/mol. The molecule has 0 amide bonds. The minimum absolute atomic E-state index is 1.04. The minimum Gasteiger partial charge on any atom is -0.0925 e. The largest absolute Gasteiger partial charge is 0.0925 e. The number of hydrogen-bond donors (Lipinski definition) is 0. The van der Waals surface area contributed by atoms with Gasteiger partial charge in [0.05, 0.1) is 0 Å². The number of halogens is 1. The molecule has 0 aliphatic rings. The summed E-state index contributed by atoms with van der Waals surface area (Å²) >= 11 is 3.40. The van der Waals surface area contributed by atoms with Gasteiger partial charge in [-0.2, -0.15) is 0 Å². The van der Waals surface area contributed by atoms with Gasteiger partial charge < -0.3 is 0 Å². The molecule has 0 unspecified atom stereocenters. The molecular formula is C12H15Br. The molecule has 0 aliphatic carbocycles. The second-order valence-electron chi connectivity index (χ2n) is 3.24. The molecule has 0 aliphatic heterocycles. The fourth-order valence-corrected chi connectivity index (χ4v) is 1.55. The number of alkyl halides is 1. The Morgan fingerprint density at radius 2 is 2.08 bits per heavy atom. The van der Waals surface area contributed by atoms with Gasteiger partial charge in [0, 0.05) is 5.33 Å². The summed E-state index contributed by atoms with van der Waals surface area (Å²) in [4.78, 5) is 0. The zero-order chi connectivity index (χ0) is 9.68. The van der Waals surface area contributed by atoms with Crippen LogP contribution in [-0.2, 0) is 0 Å². The Hall–Kier alpha value is -0.560. The monoisotopic (exact) mass is 238 g/mol. The molecular weight excluding hydrogens is 224 g/mol. The van der Waals surface area contributed by atoms with Crippen molar-refractivity contribution < 1.29 is 0 Å². The highest BCUT2D eigenvalue weighted by Crippen LogP contribution is 2.12. The van der Waals surface area contributed by atoms with Crippen LogP contribution in [0.2, 0.25) is 0 Å². The quantitative estimate of drug-likeness (QED) is 0.696. The Balaban J connectivity index is 2.77. The van der Waals surface area contributed by atoms with Gasteiger partial charge in [-0.05, 0) is 31.4 Å².